The number of nitrogens with zero attached hydrogens (tertiary/aromatic N) is 1. The fourth-order valence-electron chi connectivity index (χ4n) is 1.66. The molecular formula is C18H29NS. The van der Waals surface area contributed by atoms with Crippen LogP contribution in [0.25, 0.3) is 5.70 Å². The highest BCUT2D eigenvalue weighted by Crippen LogP contribution is 2.22. The maximum atomic E-state index is 4.84. The predicted molar refractivity (Wildman–Crippen MR) is 96.8 cm³/mol. The third-order valence-electron chi connectivity index (χ3n) is 3.30. The Bertz CT molecular complexity index is 432. The minimum Gasteiger partial charge on any atom is -0.257 e. The number of thiol groups is 1. The highest BCUT2D eigenvalue weighted by Gasteiger charge is 2.07. The Morgan fingerprint density at radius 1 is 1.15 bits per heavy atom. The van der Waals surface area contributed by atoms with Crippen molar-refractivity contribution in [2.45, 2.75) is 48.0 Å². The molecular weight excluding hydrogens is 262 g/mol. The van der Waals surface area contributed by atoms with Crippen LogP contribution in [-0.4, -0.2) is 11.5 Å². The van der Waals surface area contributed by atoms with Gasteiger partial charge in [0.25, 0.3) is 0 Å². The van der Waals surface area contributed by atoms with Gasteiger partial charge in [0.1, 0.15) is 0 Å². The van der Waals surface area contributed by atoms with E-state index >= 15 is 0 Å². The van der Waals surface area contributed by atoms with E-state index in [-0.39, 0.29) is 0 Å². The number of hydrogen-bond acceptors (Lipinski definition) is 2. The number of hydrogen-bond donors (Lipinski definition) is 1. The third kappa shape index (κ3) is 5.96. The summed E-state index contributed by atoms with van der Waals surface area (Å²) in [6, 6.07) is 10.3. The molecule has 0 fully saturated rings. The monoisotopic (exact) mass is 291 g/mol. The fourth-order valence-corrected chi connectivity index (χ4v) is 1.81. The van der Waals surface area contributed by atoms with Crippen LogP contribution in [0.15, 0.2) is 40.9 Å². The minimum atomic E-state index is 0.524. The standard InChI is InChI=1S/C16H23NS.C2H6/c1-5-12(2)14(4)17-16(13(3)11-18)15-9-7-6-8-10-15;1-2/h6-10,12,18H,5,11H2,1-4H3;1-2H3/b16-13+,17-14?;. The van der Waals surface area contributed by atoms with Gasteiger partial charge in [0, 0.05) is 17.0 Å². The van der Waals surface area contributed by atoms with Crippen LogP contribution in [0.4, 0.5) is 0 Å². The molecule has 0 N–H and O–H groups in total. The Kier molecular flexibility index (Phi) is 10.2. The smallest absolute Gasteiger partial charge is 0.0698 e. The van der Waals surface area contributed by atoms with Crippen molar-refractivity contribution in [1.29, 1.82) is 0 Å². The van der Waals surface area contributed by atoms with Gasteiger partial charge >= 0.3 is 0 Å². The molecule has 0 bridgehead atoms. The molecule has 1 nitrogen and oxygen atoms in total. The van der Waals surface area contributed by atoms with Crippen molar-refractivity contribution < 1.29 is 0 Å². The maximum absolute atomic E-state index is 4.84. The minimum absolute atomic E-state index is 0.524. The summed E-state index contributed by atoms with van der Waals surface area (Å²) in [5.41, 5.74) is 4.65. The molecule has 1 unspecified atom stereocenters. The van der Waals surface area contributed by atoms with Crippen molar-refractivity contribution in [2.24, 2.45) is 10.9 Å². The van der Waals surface area contributed by atoms with E-state index in [1.165, 1.54) is 16.8 Å². The van der Waals surface area contributed by atoms with Crippen molar-refractivity contribution in [3.63, 3.8) is 0 Å². The molecule has 1 rings (SSSR count). The largest absolute Gasteiger partial charge is 0.257 e. The number of aliphatic imine (C=N–C) groups is 1. The lowest BCUT2D eigenvalue weighted by atomic mass is 10.0. The summed E-state index contributed by atoms with van der Waals surface area (Å²) >= 11 is 4.38. The van der Waals surface area contributed by atoms with E-state index in [1.807, 2.05) is 19.9 Å². The summed E-state index contributed by atoms with van der Waals surface area (Å²) in [5.74, 6) is 1.26. The van der Waals surface area contributed by atoms with Crippen LogP contribution in [0.2, 0.25) is 0 Å². The molecule has 0 saturated carbocycles. The summed E-state index contributed by atoms with van der Waals surface area (Å²) in [4.78, 5) is 4.84. The van der Waals surface area contributed by atoms with Gasteiger partial charge in [0.2, 0.25) is 0 Å². The van der Waals surface area contributed by atoms with Gasteiger partial charge in [-0.2, -0.15) is 12.6 Å². The van der Waals surface area contributed by atoms with Crippen molar-refractivity contribution in [3.8, 4) is 0 Å². The molecule has 112 valence electrons. The SMILES string of the molecule is CC.CCC(C)C(C)=N/C(=C(\C)CS)c1ccccc1. The highest BCUT2D eigenvalue weighted by molar-refractivity contribution is 7.80. The topological polar surface area (TPSA) is 12.4 Å². The predicted octanol–water partition coefficient (Wildman–Crippen LogP) is 5.88. The quantitative estimate of drug-likeness (QED) is 0.513. The Morgan fingerprint density at radius 3 is 2.15 bits per heavy atom. The summed E-state index contributed by atoms with van der Waals surface area (Å²) in [7, 11) is 0. The zero-order valence-corrected chi connectivity index (χ0v) is 14.7. The third-order valence-corrected chi connectivity index (χ3v) is 3.78. The normalized spacial score (nSPS) is 14.1. The summed E-state index contributed by atoms with van der Waals surface area (Å²) < 4.78 is 0. The van der Waals surface area contributed by atoms with Gasteiger partial charge in [-0.3, -0.25) is 4.99 Å². The highest BCUT2D eigenvalue weighted by atomic mass is 32.1. The first-order valence-electron chi connectivity index (χ1n) is 7.51. The lowest BCUT2D eigenvalue weighted by Gasteiger charge is -2.12. The Morgan fingerprint density at radius 2 is 1.70 bits per heavy atom. The molecule has 0 amide bonds. The molecule has 2 heteroatoms. The molecule has 0 aliphatic carbocycles. The van der Waals surface area contributed by atoms with Crippen molar-refractivity contribution >= 4 is 24.0 Å². The van der Waals surface area contributed by atoms with Crippen molar-refractivity contribution in [1.82, 2.24) is 0 Å². The molecule has 20 heavy (non-hydrogen) atoms. The second-order valence-corrected chi connectivity index (χ2v) is 5.03. The average molecular weight is 292 g/mol. The van der Waals surface area contributed by atoms with Gasteiger partial charge in [-0.25, -0.2) is 0 Å². The van der Waals surface area contributed by atoms with E-state index in [2.05, 4.69) is 64.6 Å². The molecule has 1 atom stereocenters. The van der Waals surface area contributed by atoms with Crippen LogP contribution < -0.4 is 0 Å². The van der Waals surface area contributed by atoms with E-state index in [0.717, 1.165) is 17.9 Å². The van der Waals surface area contributed by atoms with Crippen LogP contribution in [0.3, 0.4) is 0 Å². The fraction of sp³-hybridized carbons (Fsp3) is 0.500. The first-order chi connectivity index (χ1) is 9.60. The van der Waals surface area contributed by atoms with Crippen LogP contribution in [0, 0.1) is 5.92 Å². The van der Waals surface area contributed by atoms with Crippen molar-refractivity contribution in [3.05, 3.63) is 41.5 Å². The van der Waals surface area contributed by atoms with Crippen molar-refractivity contribution in [2.75, 3.05) is 5.75 Å². The molecule has 1 aromatic rings. The number of benzene rings is 1. The van der Waals surface area contributed by atoms with Crippen LogP contribution in [-0.2, 0) is 0 Å². The molecule has 0 aliphatic rings. The molecule has 0 spiro atoms. The van der Waals surface area contributed by atoms with E-state index in [9.17, 15) is 0 Å². The molecule has 0 aromatic heterocycles. The Hall–Kier alpha value is -1.02. The van der Waals surface area contributed by atoms with Crippen LogP contribution in [0.1, 0.15) is 53.5 Å². The van der Waals surface area contributed by atoms with E-state index in [1.54, 1.807) is 0 Å². The van der Waals surface area contributed by atoms with Crippen LogP contribution >= 0.6 is 12.6 Å². The Labute approximate surface area is 130 Å². The van der Waals surface area contributed by atoms with E-state index < -0.39 is 0 Å². The Balaban J connectivity index is 0.00000172. The lowest BCUT2D eigenvalue weighted by molar-refractivity contribution is 0.736. The van der Waals surface area contributed by atoms with Gasteiger partial charge in [-0.05, 0) is 31.8 Å². The summed E-state index contributed by atoms with van der Waals surface area (Å²) in [6.45, 7) is 12.6. The van der Waals surface area contributed by atoms with Crippen LogP contribution in [0.5, 0.6) is 0 Å². The molecule has 0 aliphatic heterocycles. The first kappa shape index (κ1) is 19.0. The lowest BCUT2D eigenvalue weighted by Crippen LogP contribution is -2.06. The van der Waals surface area contributed by atoms with Gasteiger partial charge in [0.05, 0.1) is 5.70 Å². The van der Waals surface area contributed by atoms with Gasteiger partial charge < -0.3 is 0 Å². The van der Waals surface area contributed by atoms with E-state index in [0.29, 0.717) is 5.92 Å². The molecule has 0 heterocycles. The molecule has 0 radical (unpaired) electrons. The summed E-state index contributed by atoms with van der Waals surface area (Å²) in [5, 5.41) is 0. The summed E-state index contributed by atoms with van der Waals surface area (Å²) in [6.07, 6.45) is 1.12. The first-order valence-corrected chi connectivity index (χ1v) is 8.14. The maximum Gasteiger partial charge on any atom is 0.0698 e. The second-order valence-electron chi connectivity index (χ2n) is 4.72. The number of rotatable bonds is 5. The second kappa shape index (κ2) is 10.7. The average Bonchev–Trinajstić information content (AvgIpc) is 2.53. The van der Waals surface area contributed by atoms with Gasteiger partial charge in [0.15, 0.2) is 0 Å². The zero-order chi connectivity index (χ0) is 15.5. The molecule has 1 aromatic carbocycles. The zero-order valence-electron chi connectivity index (χ0n) is 13.8. The van der Waals surface area contributed by atoms with Gasteiger partial charge in [-0.15, -0.1) is 0 Å². The van der Waals surface area contributed by atoms with Gasteiger partial charge in [-0.1, -0.05) is 58.0 Å². The van der Waals surface area contributed by atoms with E-state index in [4.69, 9.17) is 4.99 Å². The molecule has 0 saturated heterocycles.